The maximum atomic E-state index is 6.04. The van der Waals surface area contributed by atoms with E-state index in [1.807, 2.05) is 24.3 Å². The van der Waals surface area contributed by atoms with Gasteiger partial charge in [0.05, 0.1) is 0 Å². The van der Waals surface area contributed by atoms with Crippen LogP contribution in [0.15, 0.2) is 71.2 Å². The van der Waals surface area contributed by atoms with Crippen molar-refractivity contribution in [1.82, 2.24) is 4.57 Å². The molecule has 4 rings (SSSR count). The lowest BCUT2D eigenvalue weighted by Crippen LogP contribution is -2.31. The summed E-state index contributed by atoms with van der Waals surface area (Å²) in [6.07, 6.45) is 4.14. The van der Waals surface area contributed by atoms with Crippen LogP contribution in [0.1, 0.15) is 33.4 Å². The molecule has 0 radical (unpaired) electrons. The first-order valence-corrected chi connectivity index (χ1v) is 11.1. The van der Waals surface area contributed by atoms with Crippen molar-refractivity contribution in [2.75, 3.05) is 0 Å². The standard InChI is InChI=1S/C27H28ClN4/c1-17-13-19(3)25(20(4)14-17)31-11-12-32(26-21(5)15-18(2)16-22(26)6)27(31)30-29-24-9-7-23(28)8-10-24/h7-16H,1-6H3/q+1. The fourth-order valence-corrected chi connectivity index (χ4v) is 4.67. The Morgan fingerprint density at radius 2 is 1.25 bits per heavy atom. The SMILES string of the molecule is Cc1cc(C)c(-n2cc[n+](-c3c(C)cc(C)cc3C)c2N=Nc2ccc(Cl)cc2)c(C)c1. The van der Waals surface area contributed by atoms with Gasteiger partial charge in [0, 0.05) is 10.1 Å². The van der Waals surface area contributed by atoms with Crippen LogP contribution >= 0.6 is 11.6 Å². The Morgan fingerprint density at radius 3 is 1.81 bits per heavy atom. The Balaban J connectivity index is 1.96. The zero-order chi connectivity index (χ0) is 23.0. The van der Waals surface area contributed by atoms with Crippen molar-refractivity contribution in [3.8, 4) is 11.4 Å². The Labute approximate surface area is 194 Å². The van der Waals surface area contributed by atoms with E-state index in [-0.39, 0.29) is 0 Å². The van der Waals surface area contributed by atoms with Crippen LogP contribution in [-0.4, -0.2) is 4.57 Å². The van der Waals surface area contributed by atoms with Crippen molar-refractivity contribution in [3.05, 3.63) is 99.3 Å². The first-order valence-electron chi connectivity index (χ1n) is 10.7. The summed E-state index contributed by atoms with van der Waals surface area (Å²) < 4.78 is 4.25. The molecule has 5 heteroatoms. The summed E-state index contributed by atoms with van der Waals surface area (Å²) in [7, 11) is 0. The highest BCUT2D eigenvalue weighted by molar-refractivity contribution is 6.30. The van der Waals surface area contributed by atoms with Crippen molar-refractivity contribution in [2.24, 2.45) is 10.2 Å². The normalized spacial score (nSPS) is 11.5. The highest BCUT2D eigenvalue weighted by Crippen LogP contribution is 2.28. The zero-order valence-electron chi connectivity index (χ0n) is 19.4. The third-order valence-electron chi connectivity index (χ3n) is 5.63. The Hall–Kier alpha value is -3.24. The summed E-state index contributed by atoms with van der Waals surface area (Å²) in [5, 5.41) is 9.96. The summed E-state index contributed by atoms with van der Waals surface area (Å²) in [5.74, 6) is 0.741. The minimum Gasteiger partial charge on any atom is -0.197 e. The van der Waals surface area contributed by atoms with Gasteiger partial charge >= 0.3 is 5.95 Å². The van der Waals surface area contributed by atoms with Crippen LogP contribution in [0.3, 0.4) is 0 Å². The quantitative estimate of drug-likeness (QED) is 0.229. The largest absolute Gasteiger partial charge is 0.431 e. The Kier molecular flexibility index (Phi) is 5.98. The molecule has 0 fully saturated rings. The molecule has 1 heterocycles. The van der Waals surface area contributed by atoms with Crippen molar-refractivity contribution in [3.63, 3.8) is 0 Å². The Morgan fingerprint density at radius 1 is 0.719 bits per heavy atom. The predicted molar refractivity (Wildman–Crippen MR) is 131 cm³/mol. The van der Waals surface area contributed by atoms with Crippen LogP contribution < -0.4 is 4.57 Å². The smallest absolute Gasteiger partial charge is 0.197 e. The van der Waals surface area contributed by atoms with Crippen molar-refractivity contribution >= 4 is 23.2 Å². The second-order valence-electron chi connectivity index (χ2n) is 8.51. The van der Waals surface area contributed by atoms with E-state index in [1.54, 1.807) is 0 Å². The second-order valence-corrected chi connectivity index (χ2v) is 8.95. The molecule has 0 aliphatic heterocycles. The van der Waals surface area contributed by atoms with Crippen LogP contribution in [0.4, 0.5) is 11.6 Å². The van der Waals surface area contributed by atoms with Gasteiger partial charge in [-0.25, -0.2) is 0 Å². The third-order valence-corrected chi connectivity index (χ3v) is 5.88. The lowest BCUT2D eigenvalue weighted by atomic mass is 10.0. The van der Waals surface area contributed by atoms with Crippen molar-refractivity contribution in [1.29, 1.82) is 0 Å². The van der Waals surface area contributed by atoms with Crippen LogP contribution in [0, 0.1) is 41.5 Å². The molecule has 0 aliphatic rings. The van der Waals surface area contributed by atoms with Crippen LogP contribution in [0.25, 0.3) is 11.4 Å². The monoisotopic (exact) mass is 443 g/mol. The molecular formula is C27H28ClN4+. The summed E-state index contributed by atoms with van der Waals surface area (Å²) in [6, 6.07) is 16.2. The lowest BCUT2D eigenvalue weighted by Gasteiger charge is -2.11. The number of halogens is 1. The number of nitrogens with zero attached hydrogens (tertiary/aromatic N) is 4. The van der Waals surface area contributed by atoms with Crippen molar-refractivity contribution in [2.45, 2.75) is 41.5 Å². The molecule has 32 heavy (non-hydrogen) atoms. The molecule has 3 aromatic carbocycles. The minimum atomic E-state index is 0.680. The average molecular weight is 444 g/mol. The number of benzene rings is 3. The lowest BCUT2D eigenvalue weighted by molar-refractivity contribution is -0.581. The van der Waals surface area contributed by atoms with E-state index >= 15 is 0 Å². The number of hydrogen-bond donors (Lipinski definition) is 0. The number of aryl methyl sites for hydroxylation is 6. The summed E-state index contributed by atoms with van der Waals surface area (Å²) in [5.41, 5.74) is 10.3. The van der Waals surface area contributed by atoms with Gasteiger partial charge in [0.15, 0.2) is 0 Å². The number of imidazole rings is 1. The maximum absolute atomic E-state index is 6.04. The van der Waals surface area contributed by atoms with Gasteiger partial charge in [-0.1, -0.05) is 52.1 Å². The highest BCUT2D eigenvalue weighted by atomic mass is 35.5. The first kappa shape index (κ1) is 22.0. The number of aromatic nitrogens is 2. The fourth-order valence-electron chi connectivity index (χ4n) is 4.54. The van der Waals surface area contributed by atoms with Crippen molar-refractivity contribution < 1.29 is 4.57 Å². The molecule has 0 bridgehead atoms. The van der Waals surface area contributed by atoms with E-state index in [4.69, 9.17) is 16.7 Å². The third kappa shape index (κ3) is 4.23. The molecule has 0 aliphatic carbocycles. The van der Waals surface area contributed by atoms with Gasteiger partial charge in [0.2, 0.25) is 0 Å². The van der Waals surface area contributed by atoms with E-state index in [2.05, 4.69) is 92.5 Å². The van der Waals surface area contributed by atoms with Crippen LogP contribution in [-0.2, 0) is 0 Å². The fraction of sp³-hybridized carbons (Fsp3) is 0.222. The molecule has 162 valence electrons. The zero-order valence-corrected chi connectivity index (χ0v) is 20.2. The molecule has 0 N–H and O–H groups in total. The molecule has 0 saturated carbocycles. The molecule has 1 aromatic heterocycles. The van der Waals surface area contributed by atoms with Gasteiger partial charge in [0.25, 0.3) is 0 Å². The molecule has 4 aromatic rings. The van der Waals surface area contributed by atoms with E-state index < -0.39 is 0 Å². The van der Waals surface area contributed by atoms with Gasteiger partial charge < -0.3 is 0 Å². The molecule has 0 spiro atoms. The van der Waals surface area contributed by atoms with Gasteiger partial charge in [0.1, 0.15) is 29.5 Å². The molecule has 0 saturated heterocycles. The summed E-state index contributed by atoms with van der Waals surface area (Å²) in [6.45, 7) is 12.8. The highest BCUT2D eigenvalue weighted by Gasteiger charge is 2.25. The van der Waals surface area contributed by atoms with Gasteiger partial charge in [-0.3, -0.25) is 0 Å². The molecule has 0 unspecified atom stereocenters. The number of rotatable bonds is 4. The summed E-state index contributed by atoms with van der Waals surface area (Å²) in [4.78, 5) is 0. The van der Waals surface area contributed by atoms with E-state index in [1.165, 1.54) is 33.4 Å². The topological polar surface area (TPSA) is 33.5 Å². The Bertz CT molecular complexity index is 1210. The molecular weight excluding hydrogens is 416 g/mol. The molecule has 0 amide bonds. The van der Waals surface area contributed by atoms with Gasteiger partial charge in [-0.15, -0.1) is 0 Å². The van der Waals surface area contributed by atoms with Crippen LogP contribution in [0.5, 0.6) is 0 Å². The molecule has 4 nitrogen and oxygen atoms in total. The van der Waals surface area contributed by atoms with E-state index in [0.29, 0.717) is 5.02 Å². The van der Waals surface area contributed by atoms with Gasteiger partial charge in [-0.2, -0.15) is 9.13 Å². The van der Waals surface area contributed by atoms with E-state index in [0.717, 1.165) is 23.0 Å². The molecule has 0 atom stereocenters. The summed E-state index contributed by atoms with van der Waals surface area (Å²) >= 11 is 6.04. The first-order chi connectivity index (χ1) is 15.2. The van der Waals surface area contributed by atoms with Crippen LogP contribution in [0.2, 0.25) is 5.02 Å². The van der Waals surface area contributed by atoms with E-state index in [9.17, 15) is 0 Å². The maximum Gasteiger partial charge on any atom is 0.431 e. The number of azo groups is 1. The minimum absolute atomic E-state index is 0.680. The predicted octanol–water partition coefficient (Wildman–Crippen LogP) is 7.67. The average Bonchev–Trinajstić information content (AvgIpc) is 3.09. The van der Waals surface area contributed by atoms with Gasteiger partial charge in [-0.05, 0) is 88.1 Å². The number of hydrogen-bond acceptors (Lipinski definition) is 2. The second kappa shape index (κ2) is 8.71.